The Morgan fingerprint density at radius 1 is 1.15 bits per heavy atom. The van der Waals surface area contributed by atoms with E-state index in [1.807, 2.05) is 35.2 Å². The Hall–Kier alpha value is -1.92. The van der Waals surface area contributed by atoms with E-state index < -0.39 is 5.41 Å². The van der Waals surface area contributed by atoms with Gasteiger partial charge in [0.05, 0.1) is 5.41 Å². The highest BCUT2D eigenvalue weighted by Crippen LogP contribution is 2.37. The summed E-state index contributed by atoms with van der Waals surface area (Å²) in [6.07, 6.45) is 1.37. The summed E-state index contributed by atoms with van der Waals surface area (Å²) in [4.78, 5) is 30.3. The molecule has 2 aliphatic heterocycles. The molecule has 6 nitrogen and oxygen atoms in total. The Bertz CT molecular complexity index is 656. The van der Waals surface area contributed by atoms with Crippen LogP contribution in [0, 0.1) is 0 Å². The second kappa shape index (κ2) is 8.40. The molecule has 6 heteroatoms. The molecule has 1 N–H and O–H groups in total. The van der Waals surface area contributed by atoms with E-state index in [1.54, 1.807) is 7.05 Å². The van der Waals surface area contributed by atoms with Crippen molar-refractivity contribution in [1.29, 1.82) is 0 Å². The Balaban J connectivity index is 1.87. The van der Waals surface area contributed by atoms with Gasteiger partial charge in [-0.1, -0.05) is 30.3 Å². The third-order valence-electron chi connectivity index (χ3n) is 6.00. The van der Waals surface area contributed by atoms with Crippen molar-refractivity contribution in [3.8, 4) is 0 Å². The highest BCUT2D eigenvalue weighted by Gasteiger charge is 2.46. The van der Waals surface area contributed by atoms with Gasteiger partial charge in [-0.05, 0) is 32.3 Å². The van der Waals surface area contributed by atoms with Gasteiger partial charge in [0.1, 0.15) is 6.04 Å². The molecule has 0 unspecified atom stereocenters. The van der Waals surface area contributed by atoms with Crippen LogP contribution in [-0.2, 0) is 19.7 Å². The predicted octanol–water partition coefficient (Wildman–Crippen LogP) is 1.40. The van der Waals surface area contributed by atoms with Gasteiger partial charge in [-0.3, -0.25) is 14.5 Å². The lowest BCUT2D eigenvalue weighted by molar-refractivity contribution is -0.147. The van der Waals surface area contributed by atoms with Gasteiger partial charge < -0.3 is 15.0 Å². The summed E-state index contributed by atoms with van der Waals surface area (Å²) >= 11 is 0. The van der Waals surface area contributed by atoms with Gasteiger partial charge in [0.2, 0.25) is 11.8 Å². The molecule has 0 saturated carbocycles. The first kappa shape index (κ1) is 19.8. The molecule has 27 heavy (non-hydrogen) atoms. The number of hydrogen-bond donors (Lipinski definition) is 1. The number of benzene rings is 1. The van der Waals surface area contributed by atoms with Crippen LogP contribution in [0.3, 0.4) is 0 Å². The van der Waals surface area contributed by atoms with E-state index in [1.165, 1.54) is 0 Å². The molecule has 1 atom stereocenters. The van der Waals surface area contributed by atoms with E-state index in [0.29, 0.717) is 45.7 Å². The number of carbonyl (C=O) groups is 2. The Morgan fingerprint density at radius 2 is 1.81 bits per heavy atom. The largest absolute Gasteiger partial charge is 0.381 e. The lowest BCUT2D eigenvalue weighted by atomic mass is 9.72. The van der Waals surface area contributed by atoms with Crippen LogP contribution in [0.25, 0.3) is 0 Å². The second-order valence-electron chi connectivity index (χ2n) is 7.77. The molecule has 2 amide bonds. The number of rotatable bonds is 4. The summed E-state index contributed by atoms with van der Waals surface area (Å²) < 4.78 is 5.57. The number of carbonyl (C=O) groups excluding carboxylic acids is 2. The first-order chi connectivity index (χ1) is 13.0. The molecule has 2 fully saturated rings. The third kappa shape index (κ3) is 3.87. The SMILES string of the molecule is CNC(=O)[C@H]1CN(C(=O)C2(c3ccccc3)CCOCC2)CCN1C(C)C. The summed E-state index contributed by atoms with van der Waals surface area (Å²) in [6, 6.07) is 10.0. The maximum absolute atomic E-state index is 13.7. The number of amides is 2. The highest BCUT2D eigenvalue weighted by atomic mass is 16.5. The lowest BCUT2D eigenvalue weighted by Crippen LogP contribution is -2.63. The van der Waals surface area contributed by atoms with Crippen LogP contribution in [0.2, 0.25) is 0 Å². The normalized spacial score (nSPS) is 23.3. The molecule has 0 bridgehead atoms. The van der Waals surface area contributed by atoms with Crippen molar-refractivity contribution in [2.45, 2.75) is 44.2 Å². The van der Waals surface area contributed by atoms with Crippen LogP contribution >= 0.6 is 0 Å². The molecular formula is C21H31N3O3. The van der Waals surface area contributed by atoms with E-state index >= 15 is 0 Å². The van der Waals surface area contributed by atoms with Crippen LogP contribution in [0.4, 0.5) is 0 Å². The van der Waals surface area contributed by atoms with Crippen molar-refractivity contribution < 1.29 is 14.3 Å². The minimum absolute atomic E-state index is 0.0260. The van der Waals surface area contributed by atoms with E-state index in [4.69, 9.17) is 4.74 Å². The van der Waals surface area contributed by atoms with Crippen LogP contribution in [0.1, 0.15) is 32.3 Å². The molecule has 2 heterocycles. The van der Waals surface area contributed by atoms with Crippen molar-refractivity contribution in [3.05, 3.63) is 35.9 Å². The zero-order valence-corrected chi connectivity index (χ0v) is 16.6. The van der Waals surface area contributed by atoms with Gasteiger partial charge in [-0.25, -0.2) is 0 Å². The monoisotopic (exact) mass is 373 g/mol. The van der Waals surface area contributed by atoms with Crippen LogP contribution in [0.5, 0.6) is 0 Å². The summed E-state index contributed by atoms with van der Waals surface area (Å²) in [5, 5.41) is 2.76. The van der Waals surface area contributed by atoms with Crippen molar-refractivity contribution in [2.75, 3.05) is 39.9 Å². The molecule has 2 saturated heterocycles. The van der Waals surface area contributed by atoms with Gasteiger partial charge in [-0.15, -0.1) is 0 Å². The van der Waals surface area contributed by atoms with Crippen LogP contribution < -0.4 is 5.32 Å². The van der Waals surface area contributed by atoms with Crippen LogP contribution in [-0.4, -0.2) is 73.6 Å². The summed E-state index contributed by atoms with van der Waals surface area (Å²) in [7, 11) is 1.66. The lowest BCUT2D eigenvalue weighted by Gasteiger charge is -2.46. The fourth-order valence-electron chi connectivity index (χ4n) is 4.41. The van der Waals surface area contributed by atoms with E-state index in [9.17, 15) is 9.59 Å². The van der Waals surface area contributed by atoms with Crippen molar-refractivity contribution in [3.63, 3.8) is 0 Å². The zero-order valence-electron chi connectivity index (χ0n) is 16.6. The molecule has 0 spiro atoms. The number of piperazine rings is 1. The minimum Gasteiger partial charge on any atom is -0.381 e. The first-order valence-corrected chi connectivity index (χ1v) is 9.89. The van der Waals surface area contributed by atoms with Gasteiger partial charge in [0, 0.05) is 45.9 Å². The molecule has 1 aromatic carbocycles. The minimum atomic E-state index is -0.549. The zero-order chi connectivity index (χ0) is 19.4. The number of nitrogens with zero attached hydrogens (tertiary/aromatic N) is 2. The van der Waals surface area contributed by atoms with Gasteiger partial charge in [0.15, 0.2) is 0 Å². The summed E-state index contributed by atoms with van der Waals surface area (Å²) in [6.45, 7) is 7.17. The Morgan fingerprint density at radius 3 is 2.41 bits per heavy atom. The second-order valence-corrected chi connectivity index (χ2v) is 7.77. The number of nitrogens with one attached hydrogen (secondary N) is 1. The maximum atomic E-state index is 13.7. The first-order valence-electron chi connectivity index (χ1n) is 9.89. The summed E-state index contributed by atoms with van der Waals surface area (Å²) in [5.74, 6) is 0.108. The van der Waals surface area contributed by atoms with Crippen LogP contribution in [0.15, 0.2) is 30.3 Å². The highest BCUT2D eigenvalue weighted by molar-refractivity contribution is 5.90. The predicted molar refractivity (Wildman–Crippen MR) is 104 cm³/mol. The fraction of sp³-hybridized carbons (Fsp3) is 0.619. The molecule has 3 rings (SSSR count). The Labute approximate surface area is 161 Å². The average Bonchev–Trinajstić information content (AvgIpc) is 2.73. The van der Waals surface area contributed by atoms with Gasteiger partial charge in [-0.2, -0.15) is 0 Å². The molecule has 0 radical (unpaired) electrons. The number of ether oxygens (including phenoxy) is 1. The number of hydrogen-bond acceptors (Lipinski definition) is 4. The maximum Gasteiger partial charge on any atom is 0.238 e. The smallest absolute Gasteiger partial charge is 0.238 e. The molecule has 148 valence electrons. The number of likely N-dealkylation sites (N-methyl/N-ethyl adjacent to an activating group) is 1. The third-order valence-corrected chi connectivity index (χ3v) is 6.00. The van der Waals surface area contributed by atoms with E-state index in [2.05, 4.69) is 24.1 Å². The van der Waals surface area contributed by atoms with E-state index in [-0.39, 0.29) is 23.9 Å². The van der Waals surface area contributed by atoms with Crippen molar-refractivity contribution in [2.24, 2.45) is 0 Å². The quantitative estimate of drug-likeness (QED) is 0.867. The van der Waals surface area contributed by atoms with E-state index in [0.717, 1.165) is 5.56 Å². The topological polar surface area (TPSA) is 61.9 Å². The molecule has 0 aromatic heterocycles. The van der Waals surface area contributed by atoms with Gasteiger partial charge in [0.25, 0.3) is 0 Å². The summed E-state index contributed by atoms with van der Waals surface area (Å²) in [5.41, 5.74) is 0.508. The van der Waals surface area contributed by atoms with Crippen molar-refractivity contribution in [1.82, 2.24) is 15.1 Å². The van der Waals surface area contributed by atoms with Gasteiger partial charge >= 0.3 is 0 Å². The Kier molecular flexibility index (Phi) is 6.17. The molecular weight excluding hydrogens is 342 g/mol. The standard InChI is InChI=1S/C21H31N3O3/c1-16(2)24-12-11-23(15-18(24)19(25)22-3)20(26)21(9-13-27-14-10-21)17-7-5-4-6-8-17/h4-8,16,18H,9-15H2,1-3H3,(H,22,25)/t18-/m1/s1. The average molecular weight is 373 g/mol. The van der Waals surface area contributed by atoms with Crippen molar-refractivity contribution >= 4 is 11.8 Å². The fourth-order valence-corrected chi connectivity index (χ4v) is 4.41. The molecule has 2 aliphatic rings. The molecule has 1 aromatic rings. The molecule has 0 aliphatic carbocycles.